The van der Waals surface area contributed by atoms with Gasteiger partial charge in [0, 0.05) is 11.3 Å². The van der Waals surface area contributed by atoms with Gasteiger partial charge >= 0.3 is 0 Å². The largest absolute Gasteiger partial charge is 0.233 e. The van der Waals surface area contributed by atoms with Gasteiger partial charge < -0.3 is 0 Å². The third-order valence-electron chi connectivity index (χ3n) is 17.9. The second-order valence-corrected chi connectivity index (χ2v) is 22.0. The number of amidine groups is 1. The van der Waals surface area contributed by atoms with Crippen LogP contribution < -0.4 is 0 Å². The van der Waals surface area contributed by atoms with Crippen LogP contribution in [0.2, 0.25) is 0 Å². The van der Waals surface area contributed by atoms with Crippen molar-refractivity contribution in [3.63, 3.8) is 0 Å². The van der Waals surface area contributed by atoms with E-state index in [9.17, 15) is 0 Å². The number of fused-ring (bicyclic) bond motifs is 20. The Balaban J connectivity index is 0.935. The topological polar surface area (TPSA) is 24.7 Å². The Hall–Kier alpha value is -10.3. The fraction of sp³-hybridized carbons (Fsp3) is 0.0380. The van der Waals surface area contributed by atoms with E-state index in [1.807, 2.05) is 6.07 Å². The Morgan fingerprint density at radius 3 is 1.00 bits per heavy atom. The molecule has 12 aromatic rings. The van der Waals surface area contributed by atoms with Gasteiger partial charge in [-0.1, -0.05) is 261 Å². The van der Waals surface area contributed by atoms with Crippen LogP contribution in [0.5, 0.6) is 0 Å². The highest BCUT2D eigenvalue weighted by Gasteiger charge is 2.53. The molecule has 2 spiro atoms. The average Bonchev–Trinajstić information content (AvgIpc) is 3.16. The molecule has 0 amide bonds. The zero-order chi connectivity index (χ0) is 53.8. The summed E-state index contributed by atoms with van der Waals surface area (Å²) in [7, 11) is 0. The Morgan fingerprint density at radius 2 is 0.593 bits per heavy atom. The maximum atomic E-state index is 5.51. The van der Waals surface area contributed by atoms with Crippen molar-refractivity contribution in [3.05, 3.63) is 353 Å². The molecule has 0 unspecified atom stereocenters. The molecule has 0 radical (unpaired) electrons. The average molecular weight is 1030 g/mol. The van der Waals surface area contributed by atoms with E-state index < -0.39 is 10.8 Å². The van der Waals surface area contributed by atoms with Crippen LogP contribution in [-0.4, -0.2) is 11.5 Å². The Labute approximate surface area is 473 Å². The second-order valence-electron chi connectivity index (χ2n) is 22.0. The first-order valence-electron chi connectivity index (χ1n) is 28.1. The van der Waals surface area contributed by atoms with Gasteiger partial charge in [0.1, 0.15) is 0 Å². The molecule has 378 valence electrons. The van der Waals surface area contributed by atoms with Crippen molar-refractivity contribution < 1.29 is 0 Å². The summed E-state index contributed by atoms with van der Waals surface area (Å²) in [4.78, 5) is 11.0. The van der Waals surface area contributed by atoms with Crippen LogP contribution in [0, 0.1) is 0 Å². The van der Waals surface area contributed by atoms with Gasteiger partial charge in [0.25, 0.3) is 0 Å². The summed E-state index contributed by atoms with van der Waals surface area (Å²) in [6.45, 7) is 6.73. The molecule has 4 aliphatic carbocycles. The van der Waals surface area contributed by atoms with Crippen LogP contribution in [0.1, 0.15) is 68.1 Å². The molecule has 0 heterocycles. The predicted molar refractivity (Wildman–Crippen MR) is 336 cm³/mol. The lowest BCUT2D eigenvalue weighted by molar-refractivity contribution is 0.794. The first-order chi connectivity index (χ1) is 40.0. The van der Waals surface area contributed by atoms with E-state index in [1.165, 1.54) is 89.0 Å². The molecule has 0 saturated heterocycles. The highest BCUT2D eigenvalue weighted by molar-refractivity contribution is 6.13. The molecule has 0 aromatic heterocycles. The van der Waals surface area contributed by atoms with Crippen LogP contribution in [0.25, 0.3) is 83.6 Å². The molecule has 2 nitrogen and oxygen atoms in total. The van der Waals surface area contributed by atoms with Crippen LogP contribution in [0.3, 0.4) is 0 Å². The van der Waals surface area contributed by atoms with Crippen molar-refractivity contribution in [2.75, 3.05) is 0 Å². The van der Waals surface area contributed by atoms with E-state index in [0.29, 0.717) is 11.5 Å². The fourth-order valence-electron chi connectivity index (χ4n) is 14.4. The van der Waals surface area contributed by atoms with Crippen LogP contribution in [0.15, 0.2) is 302 Å². The summed E-state index contributed by atoms with van der Waals surface area (Å²) in [6.07, 6.45) is 0. The van der Waals surface area contributed by atoms with E-state index in [-0.39, 0.29) is 0 Å². The van der Waals surface area contributed by atoms with E-state index in [2.05, 4.69) is 293 Å². The molecule has 4 aliphatic rings. The number of aliphatic imine (C=N–C) groups is 2. The van der Waals surface area contributed by atoms with Crippen LogP contribution in [0.4, 0.5) is 0 Å². The van der Waals surface area contributed by atoms with E-state index in [4.69, 9.17) is 9.98 Å². The molecule has 0 bridgehead atoms. The third kappa shape index (κ3) is 6.87. The Bertz CT molecular complexity index is 4310. The van der Waals surface area contributed by atoms with Crippen molar-refractivity contribution in [1.29, 1.82) is 0 Å². The summed E-state index contributed by atoms with van der Waals surface area (Å²) < 4.78 is 0. The minimum atomic E-state index is -0.496. The van der Waals surface area contributed by atoms with Crippen molar-refractivity contribution in [2.45, 2.75) is 17.8 Å². The summed E-state index contributed by atoms with van der Waals surface area (Å²) in [5, 5.41) is 0. The third-order valence-corrected chi connectivity index (χ3v) is 17.9. The highest BCUT2D eigenvalue weighted by atomic mass is 14.9. The quantitative estimate of drug-likeness (QED) is 0.112. The van der Waals surface area contributed by atoms with Gasteiger partial charge in [-0.3, -0.25) is 0 Å². The van der Waals surface area contributed by atoms with E-state index >= 15 is 0 Å². The molecular formula is C79H52N2. The minimum Gasteiger partial charge on any atom is -0.233 e. The number of benzene rings is 12. The zero-order valence-corrected chi connectivity index (χ0v) is 44.7. The lowest BCUT2D eigenvalue weighted by Crippen LogP contribution is -2.25. The van der Waals surface area contributed by atoms with Gasteiger partial charge in [0.2, 0.25) is 0 Å². The molecule has 12 aromatic carbocycles. The lowest BCUT2D eigenvalue weighted by atomic mass is 9.70. The maximum Gasteiger partial charge on any atom is 0.160 e. The smallest absolute Gasteiger partial charge is 0.160 e. The van der Waals surface area contributed by atoms with Gasteiger partial charge in [-0.25, -0.2) is 9.98 Å². The van der Waals surface area contributed by atoms with Gasteiger partial charge in [-0.05, 0) is 171 Å². The molecule has 0 saturated carbocycles. The summed E-state index contributed by atoms with van der Waals surface area (Å²) in [6, 6.07) is 105. The van der Waals surface area contributed by atoms with Crippen molar-refractivity contribution >= 4 is 17.2 Å². The lowest BCUT2D eigenvalue weighted by Gasteiger charge is -2.31. The number of hydrogen-bond donors (Lipinski definition) is 0. The van der Waals surface area contributed by atoms with Crippen molar-refractivity contribution in [1.82, 2.24) is 0 Å². The van der Waals surface area contributed by atoms with Gasteiger partial charge in [0.15, 0.2) is 5.84 Å². The first-order valence-corrected chi connectivity index (χ1v) is 28.1. The fourth-order valence-corrected chi connectivity index (χ4v) is 14.4. The van der Waals surface area contributed by atoms with E-state index in [0.717, 1.165) is 55.8 Å². The monoisotopic (exact) mass is 1030 g/mol. The van der Waals surface area contributed by atoms with Crippen LogP contribution in [-0.2, 0) is 10.8 Å². The van der Waals surface area contributed by atoms with Gasteiger partial charge in [-0.2, -0.15) is 0 Å². The summed E-state index contributed by atoms with van der Waals surface area (Å²) in [5.74, 6) is 0.587. The SMILES string of the molecule is C=C(N=C(N=C(C)c1ccccc1)c1cc(-c2ccc3c(c2)C2(c4ccccc4-c4ccccc42)c2ccccc2-3)cc(-c2ccc3c(c2)C2(c4ccccc4-c4ccccc42)c2ccccc2-3)c1)c1ccc(-c2ccccc2)cc1. The summed E-state index contributed by atoms with van der Waals surface area (Å²) in [5.41, 5.74) is 30.8. The van der Waals surface area contributed by atoms with E-state index in [1.54, 1.807) is 0 Å². The zero-order valence-electron chi connectivity index (χ0n) is 44.7. The standard InChI is InChI=1S/C79H52N2/c1-50(52-21-5-3-6-22-52)80-77(81-51(2)53-37-39-55(40-38-53)54-23-7-4-8-24-54)60-46-58(56-41-43-67-65-29-13-19-35-73(65)78(75(67)48-56)69-31-15-9-25-61(69)62-26-10-16-32-70(62)78)45-59(47-60)57-42-44-68-66-30-14-20-36-74(66)79(76(68)49-57)71-33-17-11-27-63(71)64-28-12-18-34-72(64)79/h3-49H,2H2,1H3. The van der Waals surface area contributed by atoms with Crippen LogP contribution >= 0.6 is 0 Å². The Kier molecular flexibility index (Phi) is 10.5. The molecule has 0 atom stereocenters. The van der Waals surface area contributed by atoms with Crippen molar-refractivity contribution in [2.24, 2.45) is 9.98 Å². The second kappa shape index (κ2) is 18.1. The van der Waals surface area contributed by atoms with Gasteiger partial charge in [-0.15, -0.1) is 0 Å². The number of hydrogen-bond acceptors (Lipinski definition) is 1. The highest BCUT2D eigenvalue weighted by Crippen LogP contribution is 2.65. The molecule has 0 fully saturated rings. The Morgan fingerprint density at radius 1 is 0.259 bits per heavy atom. The normalized spacial score (nSPS) is 14.1. The molecule has 81 heavy (non-hydrogen) atoms. The molecule has 16 rings (SSSR count). The number of nitrogens with zero attached hydrogens (tertiary/aromatic N) is 2. The maximum absolute atomic E-state index is 5.51. The molecule has 0 N–H and O–H groups in total. The predicted octanol–water partition coefficient (Wildman–Crippen LogP) is 19.3. The molecular weight excluding hydrogens is 977 g/mol. The first kappa shape index (κ1) is 46.8. The number of rotatable bonds is 7. The molecule has 2 heteroatoms. The minimum absolute atomic E-state index is 0.496. The van der Waals surface area contributed by atoms with Gasteiger partial charge in [0.05, 0.1) is 16.5 Å². The molecule has 0 aliphatic heterocycles. The van der Waals surface area contributed by atoms with Crippen molar-refractivity contribution in [3.8, 4) is 77.9 Å². The summed E-state index contributed by atoms with van der Waals surface area (Å²) >= 11 is 0.